The number of rotatable bonds is 5. The molecule has 0 bridgehead atoms. The van der Waals surface area contributed by atoms with Crippen molar-refractivity contribution in [2.24, 2.45) is 5.92 Å². The molecule has 0 saturated heterocycles. The molecule has 2 N–H and O–H groups in total. The lowest BCUT2D eigenvalue weighted by Crippen LogP contribution is -2.13. The minimum absolute atomic E-state index is 0.0168. The number of hydrogen-bond acceptors (Lipinski definition) is 4. The number of nitrogens with zero attached hydrogens (tertiary/aromatic N) is 1. The molecule has 116 valence electrons. The van der Waals surface area contributed by atoms with Crippen molar-refractivity contribution in [3.63, 3.8) is 0 Å². The molecule has 0 radical (unpaired) electrons. The van der Waals surface area contributed by atoms with Crippen LogP contribution in [0.1, 0.15) is 27.2 Å². The molecular formula is C16H19N3O2S. The van der Waals surface area contributed by atoms with Crippen molar-refractivity contribution in [1.29, 1.82) is 0 Å². The van der Waals surface area contributed by atoms with E-state index in [1.807, 2.05) is 43.5 Å². The maximum Gasteiger partial charge on any atom is 0.226 e. The van der Waals surface area contributed by atoms with Crippen molar-refractivity contribution >= 4 is 34.0 Å². The summed E-state index contributed by atoms with van der Waals surface area (Å²) in [5, 5.41) is 8.04. The first kappa shape index (κ1) is 16.2. The zero-order valence-corrected chi connectivity index (χ0v) is 13.7. The van der Waals surface area contributed by atoms with Crippen LogP contribution in [0.3, 0.4) is 0 Å². The van der Waals surface area contributed by atoms with Crippen LogP contribution in [-0.4, -0.2) is 16.8 Å². The van der Waals surface area contributed by atoms with E-state index in [1.165, 1.54) is 18.3 Å². The lowest BCUT2D eigenvalue weighted by molar-refractivity contribution is -0.117. The molecule has 0 aliphatic rings. The van der Waals surface area contributed by atoms with Gasteiger partial charge < -0.3 is 10.6 Å². The highest BCUT2D eigenvalue weighted by molar-refractivity contribution is 7.14. The van der Waals surface area contributed by atoms with Crippen molar-refractivity contribution in [1.82, 2.24) is 4.98 Å². The summed E-state index contributed by atoms with van der Waals surface area (Å²) in [6.07, 6.45) is 0.486. The summed E-state index contributed by atoms with van der Waals surface area (Å²) in [6, 6.07) is 7.43. The Morgan fingerprint density at radius 3 is 2.45 bits per heavy atom. The molecule has 0 saturated carbocycles. The molecule has 0 aliphatic heterocycles. The maximum absolute atomic E-state index is 11.7. The fourth-order valence-electron chi connectivity index (χ4n) is 1.93. The predicted octanol–water partition coefficient (Wildman–Crippen LogP) is 3.75. The minimum atomic E-state index is -0.100. The lowest BCUT2D eigenvalue weighted by Gasteiger charge is -2.04. The maximum atomic E-state index is 11.7. The van der Waals surface area contributed by atoms with Crippen molar-refractivity contribution in [3.8, 4) is 11.3 Å². The number of carbonyl (C=O) groups excluding carboxylic acids is 2. The minimum Gasteiger partial charge on any atom is -0.326 e. The summed E-state index contributed by atoms with van der Waals surface area (Å²) < 4.78 is 0. The van der Waals surface area contributed by atoms with Gasteiger partial charge in [-0.15, -0.1) is 11.3 Å². The number of hydrogen-bond donors (Lipinski definition) is 2. The molecule has 0 fully saturated rings. The Hall–Kier alpha value is -2.21. The van der Waals surface area contributed by atoms with Gasteiger partial charge in [-0.3, -0.25) is 9.59 Å². The zero-order chi connectivity index (χ0) is 16.1. The van der Waals surface area contributed by atoms with Gasteiger partial charge in [-0.1, -0.05) is 26.0 Å². The quantitative estimate of drug-likeness (QED) is 0.882. The van der Waals surface area contributed by atoms with Gasteiger partial charge in [0.05, 0.1) is 5.69 Å². The molecule has 1 heterocycles. The smallest absolute Gasteiger partial charge is 0.226 e. The van der Waals surface area contributed by atoms with Crippen LogP contribution in [0.5, 0.6) is 0 Å². The van der Waals surface area contributed by atoms with E-state index in [2.05, 4.69) is 15.6 Å². The summed E-state index contributed by atoms with van der Waals surface area (Å²) in [7, 11) is 0. The van der Waals surface area contributed by atoms with E-state index in [0.29, 0.717) is 17.5 Å². The van der Waals surface area contributed by atoms with E-state index < -0.39 is 0 Å². The average Bonchev–Trinajstić information content (AvgIpc) is 2.86. The topological polar surface area (TPSA) is 71.1 Å². The van der Waals surface area contributed by atoms with Crippen LogP contribution in [-0.2, 0) is 9.59 Å². The van der Waals surface area contributed by atoms with Crippen LogP contribution < -0.4 is 10.6 Å². The van der Waals surface area contributed by atoms with Gasteiger partial charge >= 0.3 is 0 Å². The summed E-state index contributed by atoms with van der Waals surface area (Å²) in [5.74, 6) is 0.203. The second-order valence-electron chi connectivity index (χ2n) is 5.44. The van der Waals surface area contributed by atoms with Crippen molar-refractivity contribution in [2.75, 3.05) is 10.6 Å². The Morgan fingerprint density at radius 2 is 1.86 bits per heavy atom. The molecule has 6 heteroatoms. The number of nitrogens with one attached hydrogen (secondary N) is 2. The largest absolute Gasteiger partial charge is 0.326 e. The Labute approximate surface area is 133 Å². The first-order valence-corrected chi connectivity index (χ1v) is 7.95. The van der Waals surface area contributed by atoms with Crippen LogP contribution in [0, 0.1) is 5.92 Å². The molecular weight excluding hydrogens is 298 g/mol. The van der Waals surface area contributed by atoms with Gasteiger partial charge in [0.15, 0.2) is 5.13 Å². The Morgan fingerprint density at radius 1 is 1.18 bits per heavy atom. The third-order valence-electron chi connectivity index (χ3n) is 2.85. The molecule has 2 amide bonds. The van der Waals surface area contributed by atoms with Crippen LogP contribution in [0.15, 0.2) is 29.6 Å². The first-order valence-electron chi connectivity index (χ1n) is 7.07. The Bertz CT molecular complexity index is 662. The highest BCUT2D eigenvalue weighted by atomic mass is 32.1. The van der Waals surface area contributed by atoms with Gasteiger partial charge in [-0.25, -0.2) is 4.98 Å². The number of aromatic nitrogens is 1. The molecule has 2 aromatic rings. The van der Waals surface area contributed by atoms with E-state index in [4.69, 9.17) is 0 Å². The fraction of sp³-hybridized carbons (Fsp3) is 0.312. The average molecular weight is 317 g/mol. The van der Waals surface area contributed by atoms with Gasteiger partial charge in [0.2, 0.25) is 11.8 Å². The summed E-state index contributed by atoms with van der Waals surface area (Å²) in [6.45, 7) is 5.48. The van der Waals surface area contributed by atoms with Gasteiger partial charge in [-0.05, 0) is 18.1 Å². The van der Waals surface area contributed by atoms with Crippen LogP contribution >= 0.6 is 11.3 Å². The Kier molecular flexibility index (Phi) is 5.27. The molecule has 1 aromatic carbocycles. The number of thiazole rings is 1. The highest BCUT2D eigenvalue weighted by Crippen LogP contribution is 2.26. The van der Waals surface area contributed by atoms with E-state index in [0.717, 1.165) is 16.9 Å². The number of carbonyl (C=O) groups is 2. The molecule has 22 heavy (non-hydrogen) atoms. The lowest BCUT2D eigenvalue weighted by atomic mass is 10.1. The molecule has 2 rings (SSSR count). The number of anilines is 2. The highest BCUT2D eigenvalue weighted by Gasteiger charge is 2.09. The third-order valence-corrected chi connectivity index (χ3v) is 3.60. The third kappa shape index (κ3) is 4.66. The van der Waals surface area contributed by atoms with Gasteiger partial charge in [0.1, 0.15) is 0 Å². The van der Waals surface area contributed by atoms with Crippen molar-refractivity contribution < 1.29 is 9.59 Å². The monoisotopic (exact) mass is 317 g/mol. The summed E-state index contributed by atoms with van der Waals surface area (Å²) in [4.78, 5) is 27.1. The standard InChI is InChI=1S/C16H19N3O2S/c1-10(2)8-15(21)19-16-18-14(9-22-16)12-4-6-13(7-5-12)17-11(3)20/h4-7,9-10H,8H2,1-3H3,(H,17,20)(H,18,19,21). The molecule has 0 unspecified atom stereocenters. The second kappa shape index (κ2) is 7.17. The molecule has 0 spiro atoms. The number of amides is 2. The molecule has 5 nitrogen and oxygen atoms in total. The van der Waals surface area contributed by atoms with E-state index in [-0.39, 0.29) is 11.8 Å². The summed E-state index contributed by atoms with van der Waals surface area (Å²) in [5.41, 5.74) is 2.49. The van der Waals surface area contributed by atoms with Crippen molar-refractivity contribution in [2.45, 2.75) is 27.2 Å². The van der Waals surface area contributed by atoms with E-state index in [9.17, 15) is 9.59 Å². The van der Waals surface area contributed by atoms with Crippen LogP contribution in [0.4, 0.5) is 10.8 Å². The SMILES string of the molecule is CC(=O)Nc1ccc(-c2csc(NC(=O)CC(C)C)n2)cc1. The summed E-state index contributed by atoms with van der Waals surface area (Å²) >= 11 is 1.40. The fourth-order valence-corrected chi connectivity index (χ4v) is 2.67. The van der Waals surface area contributed by atoms with Gasteiger partial charge in [0, 0.05) is 30.0 Å². The van der Waals surface area contributed by atoms with Gasteiger partial charge in [0.25, 0.3) is 0 Å². The van der Waals surface area contributed by atoms with Crippen LogP contribution in [0.25, 0.3) is 11.3 Å². The van der Waals surface area contributed by atoms with E-state index >= 15 is 0 Å². The molecule has 0 atom stereocenters. The normalized spacial score (nSPS) is 10.5. The van der Waals surface area contributed by atoms with Crippen LogP contribution in [0.2, 0.25) is 0 Å². The molecule has 1 aromatic heterocycles. The first-order chi connectivity index (χ1) is 10.4. The van der Waals surface area contributed by atoms with Gasteiger partial charge in [-0.2, -0.15) is 0 Å². The zero-order valence-electron chi connectivity index (χ0n) is 12.8. The van der Waals surface area contributed by atoms with Crippen molar-refractivity contribution in [3.05, 3.63) is 29.6 Å². The van der Waals surface area contributed by atoms with E-state index in [1.54, 1.807) is 0 Å². The molecule has 0 aliphatic carbocycles. The Balaban J connectivity index is 2.04. The predicted molar refractivity (Wildman–Crippen MR) is 89.9 cm³/mol. The number of benzene rings is 1. The second-order valence-corrected chi connectivity index (χ2v) is 6.30.